The number of nitrogens with zero attached hydrogens (tertiary/aromatic N) is 1. The van der Waals surface area contributed by atoms with Gasteiger partial charge in [0.1, 0.15) is 0 Å². The molecule has 1 aromatic heterocycles. The number of hydrogen-bond acceptors (Lipinski definition) is 3. The topological polar surface area (TPSA) is 46.3 Å². The third-order valence-electron chi connectivity index (χ3n) is 2.97. The molecule has 1 fully saturated rings. The van der Waals surface area contributed by atoms with Crippen LogP contribution in [0.5, 0.6) is 0 Å². The normalized spacial score (nSPS) is 17.2. The first-order chi connectivity index (χ1) is 7.81. The van der Waals surface area contributed by atoms with Gasteiger partial charge in [0, 0.05) is 24.5 Å². The summed E-state index contributed by atoms with van der Waals surface area (Å²) in [5.41, 5.74) is 5.55. The first kappa shape index (κ1) is 11.6. The molecular weight excluding hydrogens is 220 g/mol. The SMILES string of the molecule is NCc1ccc(C(=O)N2CCCCCC2)s1. The molecule has 0 spiro atoms. The van der Waals surface area contributed by atoms with Crippen LogP contribution in [0.2, 0.25) is 0 Å². The van der Waals surface area contributed by atoms with Crippen LogP contribution in [0.15, 0.2) is 12.1 Å². The molecule has 2 N–H and O–H groups in total. The highest BCUT2D eigenvalue weighted by Gasteiger charge is 2.18. The van der Waals surface area contributed by atoms with Crippen molar-refractivity contribution >= 4 is 17.2 Å². The molecule has 1 amide bonds. The summed E-state index contributed by atoms with van der Waals surface area (Å²) in [6, 6.07) is 3.86. The van der Waals surface area contributed by atoms with Gasteiger partial charge in [0.15, 0.2) is 0 Å². The van der Waals surface area contributed by atoms with Crippen LogP contribution < -0.4 is 5.73 Å². The molecule has 88 valence electrons. The van der Waals surface area contributed by atoms with Gasteiger partial charge in [0.2, 0.25) is 0 Å². The summed E-state index contributed by atoms with van der Waals surface area (Å²) in [5.74, 6) is 0.187. The maximum absolute atomic E-state index is 12.2. The predicted molar refractivity (Wildman–Crippen MR) is 66.6 cm³/mol. The minimum atomic E-state index is 0.187. The van der Waals surface area contributed by atoms with Crippen molar-refractivity contribution in [3.63, 3.8) is 0 Å². The summed E-state index contributed by atoms with van der Waals surface area (Å²) in [6.07, 6.45) is 4.78. The molecule has 2 rings (SSSR count). The van der Waals surface area contributed by atoms with Gasteiger partial charge >= 0.3 is 0 Å². The highest BCUT2D eigenvalue weighted by molar-refractivity contribution is 7.14. The smallest absolute Gasteiger partial charge is 0.263 e. The number of rotatable bonds is 2. The summed E-state index contributed by atoms with van der Waals surface area (Å²) < 4.78 is 0. The Morgan fingerprint density at radius 2 is 1.94 bits per heavy atom. The number of carbonyl (C=O) groups is 1. The number of hydrogen-bond donors (Lipinski definition) is 1. The third-order valence-corrected chi connectivity index (χ3v) is 4.06. The molecule has 0 bridgehead atoms. The van der Waals surface area contributed by atoms with Crippen molar-refractivity contribution in [1.29, 1.82) is 0 Å². The first-order valence-electron chi connectivity index (χ1n) is 5.89. The van der Waals surface area contributed by atoms with Crippen LogP contribution in [-0.4, -0.2) is 23.9 Å². The van der Waals surface area contributed by atoms with Gasteiger partial charge in [-0.05, 0) is 25.0 Å². The van der Waals surface area contributed by atoms with Crippen molar-refractivity contribution in [2.45, 2.75) is 32.2 Å². The highest BCUT2D eigenvalue weighted by Crippen LogP contribution is 2.19. The van der Waals surface area contributed by atoms with Gasteiger partial charge in [-0.15, -0.1) is 11.3 Å². The van der Waals surface area contributed by atoms with E-state index in [0.717, 1.165) is 35.7 Å². The van der Waals surface area contributed by atoms with Gasteiger partial charge < -0.3 is 10.6 Å². The molecule has 0 aliphatic carbocycles. The lowest BCUT2D eigenvalue weighted by Gasteiger charge is -2.19. The molecular formula is C12H18N2OS. The van der Waals surface area contributed by atoms with Crippen molar-refractivity contribution in [3.05, 3.63) is 21.9 Å². The van der Waals surface area contributed by atoms with Gasteiger partial charge in [-0.1, -0.05) is 12.8 Å². The number of likely N-dealkylation sites (tertiary alicyclic amines) is 1. The lowest BCUT2D eigenvalue weighted by molar-refractivity contribution is 0.0766. The minimum Gasteiger partial charge on any atom is -0.338 e. The van der Waals surface area contributed by atoms with Crippen LogP contribution in [0.4, 0.5) is 0 Å². The highest BCUT2D eigenvalue weighted by atomic mass is 32.1. The van der Waals surface area contributed by atoms with E-state index in [2.05, 4.69) is 0 Å². The Hall–Kier alpha value is -0.870. The zero-order chi connectivity index (χ0) is 11.4. The quantitative estimate of drug-likeness (QED) is 0.858. The van der Waals surface area contributed by atoms with E-state index in [0.29, 0.717) is 6.54 Å². The van der Waals surface area contributed by atoms with E-state index in [1.54, 1.807) is 0 Å². The third kappa shape index (κ3) is 2.62. The van der Waals surface area contributed by atoms with Crippen molar-refractivity contribution in [1.82, 2.24) is 4.90 Å². The summed E-state index contributed by atoms with van der Waals surface area (Å²) in [6.45, 7) is 2.35. The van der Waals surface area contributed by atoms with Crippen LogP contribution in [-0.2, 0) is 6.54 Å². The predicted octanol–water partition coefficient (Wildman–Crippen LogP) is 2.22. The molecule has 0 atom stereocenters. The molecule has 0 saturated carbocycles. The Bertz CT molecular complexity index is 354. The first-order valence-corrected chi connectivity index (χ1v) is 6.71. The lowest BCUT2D eigenvalue weighted by Crippen LogP contribution is -2.31. The number of amides is 1. The molecule has 1 saturated heterocycles. The van der Waals surface area contributed by atoms with Crippen LogP contribution in [0.3, 0.4) is 0 Å². The van der Waals surface area contributed by atoms with Crippen LogP contribution in [0.25, 0.3) is 0 Å². The fourth-order valence-electron chi connectivity index (χ4n) is 2.03. The summed E-state index contributed by atoms with van der Waals surface area (Å²) in [5, 5.41) is 0. The zero-order valence-corrected chi connectivity index (χ0v) is 10.3. The molecule has 1 aliphatic rings. The van der Waals surface area contributed by atoms with Crippen molar-refractivity contribution in [2.75, 3.05) is 13.1 Å². The average Bonchev–Trinajstić information content (AvgIpc) is 2.62. The van der Waals surface area contributed by atoms with Gasteiger partial charge in [-0.25, -0.2) is 0 Å². The van der Waals surface area contributed by atoms with Gasteiger partial charge in [0.05, 0.1) is 4.88 Å². The number of thiophene rings is 1. The van der Waals surface area contributed by atoms with E-state index in [9.17, 15) is 4.79 Å². The van der Waals surface area contributed by atoms with Gasteiger partial charge in [-0.2, -0.15) is 0 Å². The Morgan fingerprint density at radius 1 is 1.25 bits per heavy atom. The van der Waals surface area contributed by atoms with Gasteiger partial charge in [-0.3, -0.25) is 4.79 Å². The number of nitrogens with two attached hydrogens (primary N) is 1. The molecule has 0 aromatic carbocycles. The van der Waals surface area contributed by atoms with E-state index < -0.39 is 0 Å². The Balaban J connectivity index is 2.05. The molecule has 1 aliphatic heterocycles. The lowest BCUT2D eigenvalue weighted by atomic mass is 10.2. The standard InChI is InChI=1S/C12H18N2OS/c13-9-10-5-6-11(16-10)12(15)14-7-3-1-2-4-8-14/h5-6H,1-4,7-9,13H2. The minimum absolute atomic E-state index is 0.187. The van der Waals surface area contributed by atoms with Gasteiger partial charge in [0.25, 0.3) is 5.91 Å². The summed E-state index contributed by atoms with van der Waals surface area (Å²) in [4.78, 5) is 16.1. The maximum atomic E-state index is 12.2. The summed E-state index contributed by atoms with van der Waals surface area (Å²) >= 11 is 1.53. The molecule has 1 aromatic rings. The van der Waals surface area contributed by atoms with Crippen molar-refractivity contribution < 1.29 is 4.79 Å². The van der Waals surface area contributed by atoms with Crippen LogP contribution in [0.1, 0.15) is 40.2 Å². The van der Waals surface area contributed by atoms with E-state index in [-0.39, 0.29) is 5.91 Å². The van der Waals surface area contributed by atoms with Crippen LogP contribution in [0, 0.1) is 0 Å². The molecule has 16 heavy (non-hydrogen) atoms. The molecule has 0 unspecified atom stereocenters. The number of carbonyl (C=O) groups excluding carboxylic acids is 1. The molecule has 2 heterocycles. The molecule has 3 nitrogen and oxygen atoms in total. The second kappa shape index (κ2) is 5.46. The zero-order valence-electron chi connectivity index (χ0n) is 9.45. The maximum Gasteiger partial charge on any atom is 0.263 e. The van der Waals surface area contributed by atoms with E-state index >= 15 is 0 Å². The van der Waals surface area contributed by atoms with E-state index in [4.69, 9.17) is 5.73 Å². The van der Waals surface area contributed by atoms with Crippen molar-refractivity contribution in [2.24, 2.45) is 5.73 Å². The Kier molecular flexibility index (Phi) is 3.96. The van der Waals surface area contributed by atoms with E-state index in [1.807, 2.05) is 17.0 Å². The second-order valence-corrected chi connectivity index (χ2v) is 5.34. The summed E-state index contributed by atoms with van der Waals surface area (Å²) in [7, 11) is 0. The average molecular weight is 238 g/mol. The molecule has 0 radical (unpaired) electrons. The van der Waals surface area contributed by atoms with Crippen molar-refractivity contribution in [3.8, 4) is 0 Å². The molecule has 4 heteroatoms. The van der Waals surface area contributed by atoms with Crippen LogP contribution >= 0.6 is 11.3 Å². The Morgan fingerprint density at radius 3 is 2.50 bits per heavy atom. The second-order valence-electron chi connectivity index (χ2n) is 4.18. The fraction of sp³-hybridized carbons (Fsp3) is 0.583. The largest absolute Gasteiger partial charge is 0.338 e. The monoisotopic (exact) mass is 238 g/mol. The van der Waals surface area contributed by atoms with E-state index in [1.165, 1.54) is 24.2 Å². The fourth-order valence-corrected chi connectivity index (χ4v) is 2.89. The Labute approximate surface area is 100 Å².